The molecule has 5 heteroatoms. The molecule has 2 atom stereocenters. The zero-order valence-electron chi connectivity index (χ0n) is 14.6. The SMILES string of the molecule is COc1cccc(C(C(=O)O)N2CCN(c3ccccc3)C(C)C2)c1. The number of rotatable bonds is 5. The number of hydrogen-bond acceptors (Lipinski definition) is 4. The Bertz CT molecular complexity index is 720. The van der Waals surface area contributed by atoms with Gasteiger partial charge in [-0.15, -0.1) is 0 Å². The number of hydrogen-bond donors (Lipinski definition) is 1. The van der Waals surface area contributed by atoms with Crippen LogP contribution in [0.2, 0.25) is 0 Å². The van der Waals surface area contributed by atoms with Crippen LogP contribution in [-0.2, 0) is 4.79 Å². The first kappa shape index (κ1) is 17.3. The molecule has 132 valence electrons. The summed E-state index contributed by atoms with van der Waals surface area (Å²) in [4.78, 5) is 16.3. The standard InChI is InChI=1S/C20H24N2O3/c1-15-14-21(11-12-22(15)17-8-4-3-5-9-17)19(20(23)24)16-7-6-10-18(13-16)25-2/h3-10,13,15,19H,11-12,14H2,1-2H3,(H,23,24). The predicted octanol–water partition coefficient (Wildman–Crippen LogP) is 3.03. The van der Waals surface area contributed by atoms with E-state index in [4.69, 9.17) is 4.74 Å². The van der Waals surface area contributed by atoms with Crippen molar-refractivity contribution in [3.05, 3.63) is 60.2 Å². The summed E-state index contributed by atoms with van der Waals surface area (Å²) in [6, 6.07) is 17.2. The molecule has 1 fully saturated rings. The van der Waals surface area contributed by atoms with Gasteiger partial charge in [-0.3, -0.25) is 9.69 Å². The van der Waals surface area contributed by atoms with Crippen molar-refractivity contribution in [1.82, 2.24) is 4.90 Å². The van der Waals surface area contributed by atoms with Gasteiger partial charge in [0.15, 0.2) is 0 Å². The third-order valence-corrected chi connectivity index (χ3v) is 4.76. The molecule has 0 saturated carbocycles. The lowest BCUT2D eigenvalue weighted by molar-refractivity contribution is -0.144. The van der Waals surface area contributed by atoms with Crippen molar-refractivity contribution in [3.63, 3.8) is 0 Å². The number of anilines is 1. The number of carboxylic acids is 1. The van der Waals surface area contributed by atoms with Crippen LogP contribution in [0.5, 0.6) is 5.75 Å². The Morgan fingerprint density at radius 1 is 1.16 bits per heavy atom. The molecule has 25 heavy (non-hydrogen) atoms. The highest BCUT2D eigenvalue weighted by molar-refractivity contribution is 5.76. The van der Waals surface area contributed by atoms with E-state index in [-0.39, 0.29) is 6.04 Å². The van der Waals surface area contributed by atoms with Crippen molar-refractivity contribution >= 4 is 11.7 Å². The summed E-state index contributed by atoms with van der Waals surface area (Å²) in [7, 11) is 1.59. The number of nitrogens with zero attached hydrogens (tertiary/aromatic N) is 2. The molecule has 3 rings (SSSR count). The van der Waals surface area contributed by atoms with Crippen molar-refractivity contribution in [2.75, 3.05) is 31.6 Å². The average Bonchev–Trinajstić information content (AvgIpc) is 2.62. The van der Waals surface area contributed by atoms with Crippen LogP contribution < -0.4 is 9.64 Å². The lowest BCUT2D eigenvalue weighted by Gasteiger charge is -2.43. The van der Waals surface area contributed by atoms with E-state index < -0.39 is 12.0 Å². The fourth-order valence-corrected chi connectivity index (χ4v) is 3.54. The number of para-hydroxylation sites is 1. The van der Waals surface area contributed by atoms with E-state index in [1.807, 2.05) is 47.4 Å². The smallest absolute Gasteiger partial charge is 0.325 e. The molecule has 1 N–H and O–H groups in total. The molecular weight excluding hydrogens is 316 g/mol. The van der Waals surface area contributed by atoms with Crippen molar-refractivity contribution in [2.24, 2.45) is 0 Å². The largest absolute Gasteiger partial charge is 0.497 e. The van der Waals surface area contributed by atoms with Crippen molar-refractivity contribution in [1.29, 1.82) is 0 Å². The topological polar surface area (TPSA) is 53.0 Å². The molecule has 0 aliphatic carbocycles. The maximum absolute atomic E-state index is 12.0. The number of carboxylic acid groups (broad SMARTS) is 1. The van der Waals surface area contributed by atoms with Gasteiger partial charge in [0.25, 0.3) is 0 Å². The Labute approximate surface area is 148 Å². The maximum Gasteiger partial charge on any atom is 0.325 e. The molecule has 2 aromatic rings. The Morgan fingerprint density at radius 2 is 1.92 bits per heavy atom. The molecule has 0 radical (unpaired) electrons. The zero-order chi connectivity index (χ0) is 17.8. The van der Waals surface area contributed by atoms with Crippen molar-refractivity contribution < 1.29 is 14.6 Å². The van der Waals surface area contributed by atoms with E-state index in [0.29, 0.717) is 18.8 Å². The summed E-state index contributed by atoms with van der Waals surface area (Å²) >= 11 is 0. The number of aliphatic carboxylic acids is 1. The Hall–Kier alpha value is -2.53. The second kappa shape index (κ2) is 7.57. The Balaban J connectivity index is 1.79. The molecule has 2 aromatic carbocycles. The minimum atomic E-state index is -0.825. The fraction of sp³-hybridized carbons (Fsp3) is 0.350. The molecule has 1 aliphatic heterocycles. The van der Waals surface area contributed by atoms with E-state index in [1.165, 1.54) is 5.69 Å². The number of ether oxygens (including phenoxy) is 1. The van der Waals surface area contributed by atoms with E-state index in [1.54, 1.807) is 7.11 Å². The molecule has 5 nitrogen and oxygen atoms in total. The van der Waals surface area contributed by atoms with Gasteiger partial charge in [-0.2, -0.15) is 0 Å². The molecule has 1 saturated heterocycles. The lowest BCUT2D eigenvalue weighted by Crippen LogP contribution is -2.54. The molecule has 0 spiro atoms. The van der Waals surface area contributed by atoms with Gasteiger partial charge in [-0.05, 0) is 36.8 Å². The first-order valence-electron chi connectivity index (χ1n) is 8.52. The average molecular weight is 340 g/mol. The van der Waals surface area contributed by atoms with E-state index in [0.717, 1.165) is 12.1 Å². The van der Waals surface area contributed by atoms with E-state index >= 15 is 0 Å². The quantitative estimate of drug-likeness (QED) is 0.907. The van der Waals surface area contributed by atoms with Gasteiger partial charge < -0.3 is 14.7 Å². The minimum absolute atomic E-state index is 0.239. The van der Waals surface area contributed by atoms with Gasteiger partial charge in [-0.1, -0.05) is 30.3 Å². The summed E-state index contributed by atoms with van der Waals surface area (Å²) in [6.07, 6.45) is 0. The lowest BCUT2D eigenvalue weighted by atomic mass is 10.0. The van der Waals surface area contributed by atoms with Crippen LogP contribution in [0.1, 0.15) is 18.5 Å². The van der Waals surface area contributed by atoms with Gasteiger partial charge in [0.2, 0.25) is 0 Å². The van der Waals surface area contributed by atoms with Gasteiger partial charge >= 0.3 is 5.97 Å². The summed E-state index contributed by atoms with van der Waals surface area (Å²) < 4.78 is 5.25. The first-order chi connectivity index (χ1) is 12.1. The number of carbonyl (C=O) groups is 1. The van der Waals surface area contributed by atoms with Crippen molar-refractivity contribution in [2.45, 2.75) is 19.0 Å². The van der Waals surface area contributed by atoms with Gasteiger partial charge in [0.05, 0.1) is 7.11 Å². The zero-order valence-corrected chi connectivity index (χ0v) is 14.6. The van der Waals surface area contributed by atoms with Gasteiger partial charge in [0.1, 0.15) is 11.8 Å². The minimum Gasteiger partial charge on any atom is -0.497 e. The normalized spacial score (nSPS) is 19.4. The Kier molecular flexibility index (Phi) is 5.24. The molecule has 2 unspecified atom stereocenters. The molecule has 0 amide bonds. The van der Waals surface area contributed by atoms with E-state index in [9.17, 15) is 9.90 Å². The fourth-order valence-electron chi connectivity index (χ4n) is 3.54. The molecule has 1 aliphatic rings. The second-order valence-electron chi connectivity index (χ2n) is 6.39. The predicted molar refractivity (Wildman–Crippen MR) is 98.2 cm³/mol. The highest BCUT2D eigenvalue weighted by Crippen LogP contribution is 2.28. The van der Waals surface area contributed by atoms with Crippen LogP contribution in [0.25, 0.3) is 0 Å². The summed E-state index contributed by atoms with van der Waals surface area (Å²) in [5.74, 6) is -0.145. The second-order valence-corrected chi connectivity index (χ2v) is 6.39. The van der Waals surface area contributed by atoms with Crippen LogP contribution in [0.15, 0.2) is 54.6 Å². The molecule has 1 heterocycles. The van der Waals surface area contributed by atoms with Gasteiger partial charge in [0, 0.05) is 31.4 Å². The number of methoxy groups -OCH3 is 1. The first-order valence-corrected chi connectivity index (χ1v) is 8.52. The molecule has 0 aromatic heterocycles. The summed E-state index contributed by atoms with van der Waals surface area (Å²) in [6.45, 7) is 4.35. The molecular formula is C20H24N2O3. The van der Waals surface area contributed by atoms with E-state index in [2.05, 4.69) is 24.0 Å². The highest BCUT2D eigenvalue weighted by atomic mass is 16.5. The maximum atomic E-state index is 12.0. The Morgan fingerprint density at radius 3 is 2.56 bits per heavy atom. The number of benzene rings is 2. The molecule has 0 bridgehead atoms. The van der Waals surface area contributed by atoms with Crippen LogP contribution in [-0.4, -0.2) is 48.8 Å². The van der Waals surface area contributed by atoms with Crippen LogP contribution in [0.3, 0.4) is 0 Å². The summed E-state index contributed by atoms with van der Waals surface area (Å²) in [5.41, 5.74) is 1.94. The van der Waals surface area contributed by atoms with Crippen molar-refractivity contribution in [3.8, 4) is 5.75 Å². The van der Waals surface area contributed by atoms with Gasteiger partial charge in [-0.25, -0.2) is 0 Å². The third kappa shape index (κ3) is 3.77. The van der Waals surface area contributed by atoms with Crippen LogP contribution in [0, 0.1) is 0 Å². The third-order valence-electron chi connectivity index (χ3n) is 4.76. The monoisotopic (exact) mass is 340 g/mol. The number of piperazine rings is 1. The highest BCUT2D eigenvalue weighted by Gasteiger charge is 2.33. The van der Waals surface area contributed by atoms with Crippen LogP contribution in [0.4, 0.5) is 5.69 Å². The summed E-state index contributed by atoms with van der Waals surface area (Å²) in [5, 5.41) is 9.82. The van der Waals surface area contributed by atoms with Crippen LogP contribution >= 0.6 is 0 Å².